The summed E-state index contributed by atoms with van der Waals surface area (Å²) < 4.78 is 13.1. The number of nitrogens with zero attached hydrogens (tertiary/aromatic N) is 1. The normalized spacial score (nSPS) is 19.8. The van der Waals surface area contributed by atoms with Crippen LogP contribution in [0.5, 0.6) is 0 Å². The summed E-state index contributed by atoms with van der Waals surface area (Å²) in [6, 6.07) is 6.95. The molecule has 0 unspecified atom stereocenters. The van der Waals surface area contributed by atoms with Gasteiger partial charge in [-0.2, -0.15) is 0 Å². The highest BCUT2D eigenvalue weighted by Crippen LogP contribution is 2.28. The van der Waals surface area contributed by atoms with Crippen LogP contribution in [-0.4, -0.2) is 17.3 Å². The van der Waals surface area contributed by atoms with Crippen LogP contribution < -0.4 is 5.32 Å². The van der Waals surface area contributed by atoms with Gasteiger partial charge < -0.3 is 5.32 Å². The molecule has 1 aliphatic heterocycles. The Morgan fingerprint density at radius 2 is 1.94 bits per heavy atom. The number of halogens is 1. The maximum Gasteiger partial charge on any atom is 0.158 e. The second-order valence-corrected chi connectivity index (χ2v) is 8.05. The molecule has 164 valence electrons. The molecule has 3 rings (SSSR count). The molecular formula is C27H33FN2S. The zero-order chi connectivity index (χ0) is 23.2. The van der Waals surface area contributed by atoms with Gasteiger partial charge in [0.25, 0.3) is 0 Å². The average Bonchev–Trinajstić information content (AvgIpc) is 3.09. The van der Waals surface area contributed by atoms with Gasteiger partial charge in [0, 0.05) is 5.75 Å². The monoisotopic (exact) mass is 436 g/mol. The molecule has 1 heterocycles. The van der Waals surface area contributed by atoms with E-state index in [9.17, 15) is 4.39 Å². The summed E-state index contributed by atoms with van der Waals surface area (Å²) in [5, 5.41) is 4.54. The number of allylic oxidation sites excluding steroid dienone is 6. The van der Waals surface area contributed by atoms with E-state index in [1.807, 2.05) is 19.1 Å². The molecule has 1 aliphatic carbocycles. The highest BCUT2D eigenvalue weighted by atomic mass is 32.2. The highest BCUT2D eigenvalue weighted by molar-refractivity contribution is 8.13. The fourth-order valence-corrected chi connectivity index (χ4v) is 4.00. The second-order valence-electron chi connectivity index (χ2n) is 7.09. The van der Waals surface area contributed by atoms with Gasteiger partial charge in [0.1, 0.15) is 11.9 Å². The third-order valence-corrected chi connectivity index (χ3v) is 5.67. The molecule has 2 atom stereocenters. The molecule has 0 amide bonds. The largest absolute Gasteiger partial charge is 0.356 e. The van der Waals surface area contributed by atoms with E-state index < -0.39 is 0 Å². The lowest BCUT2D eigenvalue weighted by Gasteiger charge is -2.20. The van der Waals surface area contributed by atoms with E-state index in [1.165, 1.54) is 28.9 Å². The van der Waals surface area contributed by atoms with E-state index in [4.69, 9.17) is 4.99 Å². The summed E-state index contributed by atoms with van der Waals surface area (Å²) in [5.41, 5.74) is 4.91. The Kier molecular flexibility index (Phi) is 12.1. The lowest BCUT2D eigenvalue weighted by molar-refractivity contribution is 0.627. The number of hydrogen-bond donors (Lipinski definition) is 1. The second kappa shape index (κ2) is 14.3. The number of rotatable bonds is 4. The maximum absolute atomic E-state index is 13.1. The summed E-state index contributed by atoms with van der Waals surface area (Å²) in [4.78, 5) is 4.98. The van der Waals surface area contributed by atoms with Gasteiger partial charge >= 0.3 is 0 Å². The van der Waals surface area contributed by atoms with Gasteiger partial charge in [0.2, 0.25) is 0 Å². The molecular weight excluding hydrogens is 403 g/mol. The van der Waals surface area contributed by atoms with Crippen LogP contribution in [0.4, 0.5) is 4.39 Å². The fraction of sp³-hybridized carbons (Fsp3) is 0.296. The van der Waals surface area contributed by atoms with Crippen molar-refractivity contribution in [3.63, 3.8) is 0 Å². The molecule has 0 aromatic heterocycles. The molecule has 0 spiro atoms. The topological polar surface area (TPSA) is 24.4 Å². The third kappa shape index (κ3) is 8.47. The summed E-state index contributed by atoms with van der Waals surface area (Å²) in [6.45, 7) is 11.6. The molecule has 0 bridgehead atoms. The molecule has 0 radical (unpaired) electrons. The van der Waals surface area contributed by atoms with Gasteiger partial charge in [-0.25, -0.2) is 4.39 Å². The first-order valence-corrected chi connectivity index (χ1v) is 11.3. The predicted molar refractivity (Wildman–Crippen MR) is 137 cm³/mol. The van der Waals surface area contributed by atoms with Gasteiger partial charge in [-0.15, -0.1) is 19.4 Å². The molecule has 0 saturated heterocycles. The molecule has 1 N–H and O–H groups in total. The van der Waals surface area contributed by atoms with Crippen LogP contribution in [0, 0.1) is 18.7 Å². The van der Waals surface area contributed by atoms with Crippen molar-refractivity contribution in [3.05, 3.63) is 95.4 Å². The van der Waals surface area contributed by atoms with E-state index in [0.717, 1.165) is 22.9 Å². The molecule has 1 aromatic rings. The zero-order valence-corrected chi connectivity index (χ0v) is 19.8. The summed E-state index contributed by atoms with van der Waals surface area (Å²) in [7, 11) is 0. The molecule has 2 aliphatic rings. The molecule has 0 saturated carbocycles. The van der Waals surface area contributed by atoms with Crippen molar-refractivity contribution in [2.75, 3.05) is 0 Å². The van der Waals surface area contributed by atoms with Crippen molar-refractivity contribution < 1.29 is 4.39 Å². The number of aliphatic imine (C=N–C) groups is 1. The van der Waals surface area contributed by atoms with Crippen molar-refractivity contribution in [2.24, 2.45) is 4.99 Å². The van der Waals surface area contributed by atoms with Crippen LogP contribution in [0.2, 0.25) is 0 Å². The van der Waals surface area contributed by atoms with Crippen LogP contribution in [0.3, 0.4) is 0 Å². The van der Waals surface area contributed by atoms with Crippen molar-refractivity contribution >= 4 is 16.9 Å². The number of nitrogens with one attached hydrogen (secondary N) is 1. The van der Waals surface area contributed by atoms with E-state index in [2.05, 4.69) is 75.9 Å². The van der Waals surface area contributed by atoms with E-state index in [0.29, 0.717) is 0 Å². The fourth-order valence-electron chi connectivity index (χ4n) is 3.10. The minimum atomic E-state index is -0.199. The van der Waals surface area contributed by atoms with Gasteiger partial charge in [-0.3, -0.25) is 4.99 Å². The molecule has 31 heavy (non-hydrogen) atoms. The van der Waals surface area contributed by atoms with Crippen LogP contribution in [0.1, 0.15) is 39.7 Å². The number of hydrogen-bond acceptors (Lipinski definition) is 3. The van der Waals surface area contributed by atoms with Crippen molar-refractivity contribution in [3.8, 4) is 12.8 Å². The lowest BCUT2D eigenvalue weighted by Crippen LogP contribution is -2.35. The van der Waals surface area contributed by atoms with Gasteiger partial charge in [0.05, 0.1) is 6.04 Å². The number of thioether (sulfide) groups is 1. The Morgan fingerprint density at radius 1 is 1.29 bits per heavy atom. The van der Waals surface area contributed by atoms with Crippen molar-refractivity contribution in [1.82, 2.24) is 5.32 Å². The number of amidine groups is 1. The summed E-state index contributed by atoms with van der Waals surface area (Å²) in [6.07, 6.45) is 21.7. The SMILES string of the molecule is C#C.C/C=C(\C)[C@@H]1NC(SCc2ccc(F)cc2)=N[C@@H]1C1=CCC=CC(C)=C1.C=CC. The summed E-state index contributed by atoms with van der Waals surface area (Å²) >= 11 is 1.67. The third-order valence-electron chi connectivity index (χ3n) is 4.69. The quantitative estimate of drug-likeness (QED) is 0.406. The van der Waals surface area contributed by atoms with E-state index >= 15 is 0 Å². The predicted octanol–water partition coefficient (Wildman–Crippen LogP) is 7.00. The van der Waals surface area contributed by atoms with E-state index in [1.54, 1.807) is 17.8 Å². The average molecular weight is 437 g/mol. The standard InChI is InChI=1S/C22H25FN2S.C3H6.C2H2/c1-4-16(3)20-21(18-8-6-5-7-15(2)13-18)25-22(24-20)26-14-17-9-11-19(23)12-10-17;1-3-2;1-2/h4-5,7-13,20-21H,6,14H2,1-3H3,(H,24,25);3H,1H2,2H3;1-2H/b16-4+;;/t20-,21+;;/m0../s1. The minimum absolute atomic E-state index is 0.0942. The Bertz CT molecular complexity index is 886. The molecule has 4 heteroatoms. The van der Waals surface area contributed by atoms with Gasteiger partial charge in [-0.1, -0.05) is 71.5 Å². The molecule has 0 fully saturated rings. The van der Waals surface area contributed by atoms with Crippen molar-refractivity contribution in [1.29, 1.82) is 0 Å². The highest BCUT2D eigenvalue weighted by Gasteiger charge is 2.31. The minimum Gasteiger partial charge on any atom is -0.356 e. The van der Waals surface area contributed by atoms with Crippen molar-refractivity contribution in [2.45, 2.75) is 52.0 Å². The lowest BCUT2D eigenvalue weighted by atomic mass is 9.94. The van der Waals surface area contributed by atoms with Crippen LogP contribution in [0.25, 0.3) is 0 Å². The molecule has 2 nitrogen and oxygen atoms in total. The Morgan fingerprint density at radius 3 is 2.55 bits per heavy atom. The van der Waals surface area contributed by atoms with Crippen LogP contribution in [-0.2, 0) is 5.75 Å². The Hall–Kier alpha value is -2.77. The first-order chi connectivity index (χ1) is 15.0. The Labute approximate surface area is 191 Å². The number of terminal acetylenes is 1. The first kappa shape index (κ1) is 26.3. The first-order valence-electron chi connectivity index (χ1n) is 10.3. The molecule has 1 aromatic carbocycles. The van der Waals surface area contributed by atoms with E-state index in [-0.39, 0.29) is 17.9 Å². The van der Waals surface area contributed by atoms with Crippen LogP contribution >= 0.6 is 11.8 Å². The zero-order valence-electron chi connectivity index (χ0n) is 18.9. The van der Waals surface area contributed by atoms with Gasteiger partial charge in [0.15, 0.2) is 5.17 Å². The van der Waals surface area contributed by atoms with Crippen LogP contribution in [0.15, 0.2) is 89.0 Å². The summed E-state index contributed by atoms with van der Waals surface area (Å²) in [5.74, 6) is 0.575. The number of benzene rings is 1. The van der Waals surface area contributed by atoms with Gasteiger partial charge in [-0.05, 0) is 57.4 Å². The Balaban J connectivity index is 0.000000884. The smallest absolute Gasteiger partial charge is 0.158 e. The maximum atomic E-state index is 13.1.